The Morgan fingerprint density at radius 2 is 1.89 bits per heavy atom. The van der Waals surface area contributed by atoms with E-state index in [1.54, 1.807) is 0 Å². The Morgan fingerprint density at radius 1 is 1.04 bits per heavy atom. The summed E-state index contributed by atoms with van der Waals surface area (Å²) in [5.41, 5.74) is 1.63. The lowest BCUT2D eigenvalue weighted by Gasteiger charge is -2.48. The zero-order chi connectivity index (χ0) is 18.7. The van der Waals surface area contributed by atoms with Crippen molar-refractivity contribution in [3.8, 4) is 0 Å². The lowest BCUT2D eigenvalue weighted by Crippen LogP contribution is -2.54. The van der Waals surface area contributed by atoms with E-state index in [9.17, 15) is 4.79 Å². The van der Waals surface area contributed by atoms with Crippen LogP contribution in [0.1, 0.15) is 37.7 Å². The molecule has 2 fully saturated rings. The van der Waals surface area contributed by atoms with Crippen LogP contribution in [-0.4, -0.2) is 53.6 Å². The summed E-state index contributed by atoms with van der Waals surface area (Å²) in [6, 6.07) is 15.2. The SMILES string of the molecule is O=C1CC[C@@]2(CCCN(Cc3cccc4ccccc34)C2)CN1CCCO. The van der Waals surface area contributed by atoms with Gasteiger partial charge in [0, 0.05) is 44.6 Å². The summed E-state index contributed by atoms with van der Waals surface area (Å²) in [5.74, 6) is 0.264. The average Bonchev–Trinajstić information content (AvgIpc) is 2.69. The maximum absolute atomic E-state index is 12.3. The van der Waals surface area contributed by atoms with Crippen LogP contribution in [0.3, 0.4) is 0 Å². The van der Waals surface area contributed by atoms with Gasteiger partial charge in [0.15, 0.2) is 0 Å². The number of fused-ring (bicyclic) bond motifs is 1. The molecule has 2 aromatic rings. The van der Waals surface area contributed by atoms with Gasteiger partial charge in [-0.1, -0.05) is 42.5 Å². The van der Waals surface area contributed by atoms with Crippen LogP contribution in [0, 0.1) is 5.41 Å². The van der Waals surface area contributed by atoms with Gasteiger partial charge in [-0.2, -0.15) is 0 Å². The molecule has 1 amide bonds. The van der Waals surface area contributed by atoms with Crippen molar-refractivity contribution in [1.82, 2.24) is 9.80 Å². The smallest absolute Gasteiger partial charge is 0.222 e. The van der Waals surface area contributed by atoms with Crippen molar-refractivity contribution in [2.75, 3.05) is 32.8 Å². The van der Waals surface area contributed by atoms with Gasteiger partial charge < -0.3 is 10.0 Å². The Morgan fingerprint density at radius 3 is 2.78 bits per heavy atom. The molecule has 144 valence electrons. The number of hydrogen-bond donors (Lipinski definition) is 1. The number of carbonyl (C=O) groups excluding carboxylic acids is 1. The molecule has 2 aliphatic rings. The van der Waals surface area contributed by atoms with Crippen molar-refractivity contribution in [1.29, 1.82) is 0 Å². The Bertz CT molecular complexity index is 801. The van der Waals surface area contributed by atoms with Gasteiger partial charge in [0.05, 0.1) is 0 Å². The third-order valence-electron chi connectivity index (χ3n) is 6.35. The first-order valence-corrected chi connectivity index (χ1v) is 10.3. The summed E-state index contributed by atoms with van der Waals surface area (Å²) >= 11 is 0. The van der Waals surface area contributed by atoms with Crippen LogP contribution in [0.25, 0.3) is 10.8 Å². The van der Waals surface area contributed by atoms with E-state index in [0.717, 1.165) is 32.6 Å². The average molecular weight is 367 g/mol. The first kappa shape index (κ1) is 18.5. The van der Waals surface area contributed by atoms with E-state index in [1.165, 1.54) is 29.2 Å². The van der Waals surface area contributed by atoms with Gasteiger partial charge in [0.25, 0.3) is 0 Å². The van der Waals surface area contributed by atoms with Crippen molar-refractivity contribution in [3.05, 3.63) is 48.0 Å². The predicted molar refractivity (Wildman–Crippen MR) is 108 cm³/mol. The molecule has 4 nitrogen and oxygen atoms in total. The lowest BCUT2D eigenvalue weighted by atomic mass is 9.73. The second-order valence-corrected chi connectivity index (χ2v) is 8.34. The maximum Gasteiger partial charge on any atom is 0.222 e. The number of benzene rings is 2. The lowest BCUT2D eigenvalue weighted by molar-refractivity contribution is -0.139. The Balaban J connectivity index is 1.48. The van der Waals surface area contributed by atoms with E-state index < -0.39 is 0 Å². The highest BCUT2D eigenvalue weighted by atomic mass is 16.3. The molecular formula is C23H30N2O2. The highest BCUT2D eigenvalue weighted by Crippen LogP contribution is 2.39. The number of rotatable bonds is 5. The van der Waals surface area contributed by atoms with Crippen molar-refractivity contribution in [3.63, 3.8) is 0 Å². The number of aliphatic hydroxyl groups excluding tert-OH is 1. The van der Waals surface area contributed by atoms with Crippen LogP contribution in [-0.2, 0) is 11.3 Å². The Labute approximate surface area is 161 Å². The van der Waals surface area contributed by atoms with Gasteiger partial charge in [0.2, 0.25) is 5.91 Å². The molecular weight excluding hydrogens is 336 g/mol. The van der Waals surface area contributed by atoms with E-state index in [2.05, 4.69) is 47.4 Å². The van der Waals surface area contributed by atoms with Crippen LogP contribution in [0.15, 0.2) is 42.5 Å². The van der Waals surface area contributed by atoms with Gasteiger partial charge in [-0.25, -0.2) is 0 Å². The van der Waals surface area contributed by atoms with E-state index >= 15 is 0 Å². The number of amides is 1. The minimum atomic E-state index is 0.157. The number of hydrogen-bond acceptors (Lipinski definition) is 3. The van der Waals surface area contributed by atoms with E-state index in [-0.39, 0.29) is 17.9 Å². The maximum atomic E-state index is 12.3. The van der Waals surface area contributed by atoms with Crippen LogP contribution >= 0.6 is 0 Å². The van der Waals surface area contributed by atoms with Crippen molar-refractivity contribution in [2.45, 2.75) is 38.6 Å². The van der Waals surface area contributed by atoms with Crippen LogP contribution in [0.5, 0.6) is 0 Å². The summed E-state index contributed by atoms with van der Waals surface area (Å²) in [6.45, 7) is 4.89. The van der Waals surface area contributed by atoms with Crippen LogP contribution in [0.4, 0.5) is 0 Å². The summed E-state index contributed by atoms with van der Waals surface area (Å²) in [7, 11) is 0. The normalized spacial score (nSPS) is 24.0. The van der Waals surface area contributed by atoms with Crippen LogP contribution < -0.4 is 0 Å². The molecule has 0 bridgehead atoms. The largest absolute Gasteiger partial charge is 0.396 e. The second-order valence-electron chi connectivity index (χ2n) is 8.34. The predicted octanol–water partition coefficient (Wildman–Crippen LogP) is 3.43. The van der Waals surface area contributed by atoms with E-state index in [1.807, 2.05) is 4.90 Å². The third kappa shape index (κ3) is 4.02. The van der Waals surface area contributed by atoms with E-state index in [4.69, 9.17) is 5.11 Å². The molecule has 0 unspecified atom stereocenters. The number of piperidine rings is 2. The molecule has 4 rings (SSSR count). The van der Waals surface area contributed by atoms with Crippen molar-refractivity contribution < 1.29 is 9.90 Å². The highest BCUT2D eigenvalue weighted by Gasteiger charge is 2.41. The van der Waals surface area contributed by atoms with Gasteiger partial charge in [-0.05, 0) is 48.6 Å². The van der Waals surface area contributed by atoms with Crippen molar-refractivity contribution >= 4 is 16.7 Å². The minimum absolute atomic E-state index is 0.157. The molecule has 1 spiro atoms. The summed E-state index contributed by atoms with van der Waals surface area (Å²) < 4.78 is 0. The Kier molecular flexibility index (Phi) is 5.46. The first-order chi connectivity index (χ1) is 13.2. The molecule has 2 saturated heterocycles. The molecule has 1 atom stereocenters. The standard InChI is InChI=1S/C23H30N2O2/c26-15-5-14-25-18-23(12-10-22(25)27)11-4-13-24(17-23)16-20-8-3-7-19-6-1-2-9-21(19)20/h1-3,6-9,26H,4-5,10-18H2/t23-/m1/s1. The number of nitrogens with zero attached hydrogens (tertiary/aromatic N) is 2. The van der Waals surface area contributed by atoms with Gasteiger partial charge in [-0.3, -0.25) is 9.69 Å². The molecule has 2 heterocycles. The molecule has 4 heteroatoms. The fourth-order valence-electron chi connectivity index (χ4n) is 5.02. The molecule has 0 radical (unpaired) electrons. The summed E-state index contributed by atoms with van der Waals surface area (Å²) in [6.07, 6.45) is 4.76. The highest BCUT2D eigenvalue weighted by molar-refractivity contribution is 5.85. The third-order valence-corrected chi connectivity index (χ3v) is 6.35. The summed E-state index contributed by atoms with van der Waals surface area (Å²) in [5, 5.41) is 11.8. The second kappa shape index (κ2) is 7.99. The Hall–Kier alpha value is -1.91. The molecule has 0 aromatic heterocycles. The number of carbonyl (C=O) groups is 1. The summed E-state index contributed by atoms with van der Waals surface area (Å²) in [4.78, 5) is 16.9. The quantitative estimate of drug-likeness (QED) is 0.882. The molecule has 0 saturated carbocycles. The van der Waals surface area contributed by atoms with E-state index in [0.29, 0.717) is 19.4 Å². The topological polar surface area (TPSA) is 43.8 Å². The molecule has 27 heavy (non-hydrogen) atoms. The molecule has 2 aliphatic heterocycles. The zero-order valence-corrected chi connectivity index (χ0v) is 16.1. The molecule has 1 N–H and O–H groups in total. The van der Waals surface area contributed by atoms with Gasteiger partial charge >= 0.3 is 0 Å². The minimum Gasteiger partial charge on any atom is -0.396 e. The first-order valence-electron chi connectivity index (χ1n) is 10.3. The zero-order valence-electron chi connectivity index (χ0n) is 16.1. The fourth-order valence-corrected chi connectivity index (χ4v) is 5.02. The van der Waals surface area contributed by atoms with Gasteiger partial charge in [0.1, 0.15) is 0 Å². The molecule has 0 aliphatic carbocycles. The molecule has 2 aromatic carbocycles. The van der Waals surface area contributed by atoms with Gasteiger partial charge in [-0.15, -0.1) is 0 Å². The number of likely N-dealkylation sites (tertiary alicyclic amines) is 2. The van der Waals surface area contributed by atoms with Crippen LogP contribution in [0.2, 0.25) is 0 Å². The monoisotopic (exact) mass is 366 g/mol. The fraction of sp³-hybridized carbons (Fsp3) is 0.522. The number of aliphatic hydroxyl groups is 1. The van der Waals surface area contributed by atoms with Crippen molar-refractivity contribution in [2.24, 2.45) is 5.41 Å².